The van der Waals surface area contributed by atoms with E-state index < -0.39 is 5.60 Å². The van der Waals surface area contributed by atoms with E-state index in [1.165, 1.54) is 0 Å². The van der Waals surface area contributed by atoms with E-state index in [1.807, 2.05) is 54.6 Å². The summed E-state index contributed by atoms with van der Waals surface area (Å²) in [6, 6.07) is 17.4. The second-order valence-corrected chi connectivity index (χ2v) is 6.19. The Morgan fingerprint density at radius 3 is 2.26 bits per heavy atom. The number of carbonyl (C=O) groups excluding carboxylic acids is 1. The van der Waals surface area contributed by atoms with Gasteiger partial charge in [-0.2, -0.15) is 0 Å². The van der Waals surface area contributed by atoms with Crippen molar-refractivity contribution >= 4 is 23.0 Å². The van der Waals surface area contributed by atoms with E-state index in [1.54, 1.807) is 0 Å². The Labute approximate surface area is 136 Å². The zero-order valence-corrected chi connectivity index (χ0v) is 13.1. The van der Waals surface area contributed by atoms with Crippen LogP contribution in [0, 0.1) is 0 Å². The molecule has 4 heteroatoms. The third-order valence-corrected chi connectivity index (χ3v) is 4.28. The fraction of sp³-hybridized carbons (Fsp3) is 0.316. The molecule has 1 amide bonds. The predicted molar refractivity (Wildman–Crippen MR) is 92.8 cm³/mol. The SMILES string of the molecule is O=C(CC1(O)CCCC1)Nc1ccccc1Nc1ccccc1. The van der Waals surface area contributed by atoms with Crippen molar-refractivity contribution in [2.24, 2.45) is 0 Å². The Morgan fingerprint density at radius 2 is 1.57 bits per heavy atom. The van der Waals surface area contributed by atoms with Gasteiger partial charge < -0.3 is 15.7 Å². The average Bonchev–Trinajstić information content (AvgIpc) is 2.96. The summed E-state index contributed by atoms with van der Waals surface area (Å²) in [6.07, 6.45) is 3.58. The van der Waals surface area contributed by atoms with E-state index in [0.717, 1.165) is 29.9 Å². The zero-order chi connectivity index (χ0) is 16.1. The van der Waals surface area contributed by atoms with E-state index in [4.69, 9.17) is 0 Å². The molecule has 2 aromatic rings. The van der Waals surface area contributed by atoms with E-state index in [9.17, 15) is 9.90 Å². The Bertz CT molecular complexity index is 664. The predicted octanol–water partition coefficient (Wildman–Crippen LogP) is 4.06. The average molecular weight is 310 g/mol. The highest BCUT2D eigenvalue weighted by Gasteiger charge is 2.33. The van der Waals surface area contributed by atoms with Crippen LogP contribution in [0.1, 0.15) is 32.1 Å². The zero-order valence-electron chi connectivity index (χ0n) is 13.1. The number of amides is 1. The van der Waals surface area contributed by atoms with Crippen molar-refractivity contribution in [3.63, 3.8) is 0 Å². The molecule has 0 saturated heterocycles. The van der Waals surface area contributed by atoms with Crippen LogP contribution in [0.5, 0.6) is 0 Å². The molecular formula is C19H22N2O2. The van der Waals surface area contributed by atoms with Gasteiger partial charge in [0, 0.05) is 5.69 Å². The minimum atomic E-state index is -0.827. The van der Waals surface area contributed by atoms with Crippen LogP contribution in [-0.4, -0.2) is 16.6 Å². The molecule has 3 N–H and O–H groups in total. The van der Waals surface area contributed by atoms with Gasteiger partial charge >= 0.3 is 0 Å². The van der Waals surface area contributed by atoms with Crippen LogP contribution in [0.2, 0.25) is 0 Å². The van der Waals surface area contributed by atoms with E-state index in [-0.39, 0.29) is 12.3 Å². The molecule has 0 spiro atoms. The van der Waals surface area contributed by atoms with Gasteiger partial charge in [0.1, 0.15) is 0 Å². The van der Waals surface area contributed by atoms with Crippen LogP contribution in [0.4, 0.5) is 17.1 Å². The molecule has 1 fully saturated rings. The van der Waals surface area contributed by atoms with Crippen molar-refractivity contribution in [3.05, 3.63) is 54.6 Å². The van der Waals surface area contributed by atoms with Crippen LogP contribution < -0.4 is 10.6 Å². The van der Waals surface area contributed by atoms with Gasteiger partial charge in [0.25, 0.3) is 0 Å². The topological polar surface area (TPSA) is 61.4 Å². The van der Waals surface area contributed by atoms with Gasteiger partial charge in [-0.15, -0.1) is 0 Å². The summed E-state index contributed by atoms with van der Waals surface area (Å²) in [7, 11) is 0. The standard InChI is InChI=1S/C19H22N2O2/c22-18(14-19(23)12-6-7-13-19)21-17-11-5-4-10-16(17)20-15-8-2-1-3-9-15/h1-5,8-11,20,23H,6-7,12-14H2,(H,21,22). The van der Waals surface area contributed by atoms with E-state index in [2.05, 4.69) is 10.6 Å². The third kappa shape index (κ3) is 4.11. The van der Waals surface area contributed by atoms with Gasteiger partial charge in [0.2, 0.25) is 5.91 Å². The van der Waals surface area contributed by atoms with Crippen molar-refractivity contribution in [2.45, 2.75) is 37.7 Å². The summed E-state index contributed by atoms with van der Waals surface area (Å²) in [5, 5.41) is 16.6. The number of benzene rings is 2. The molecule has 4 nitrogen and oxygen atoms in total. The number of hydrogen-bond donors (Lipinski definition) is 3. The van der Waals surface area contributed by atoms with Gasteiger partial charge in [-0.05, 0) is 37.1 Å². The Kier molecular flexibility index (Phi) is 4.63. The molecule has 0 bridgehead atoms. The van der Waals surface area contributed by atoms with Crippen molar-refractivity contribution in [3.8, 4) is 0 Å². The highest BCUT2D eigenvalue weighted by molar-refractivity contribution is 5.95. The molecule has 23 heavy (non-hydrogen) atoms. The molecule has 2 aromatic carbocycles. The van der Waals surface area contributed by atoms with Gasteiger partial charge in [0.15, 0.2) is 0 Å². The largest absolute Gasteiger partial charge is 0.389 e. The van der Waals surface area contributed by atoms with Gasteiger partial charge in [0.05, 0.1) is 23.4 Å². The molecule has 0 aliphatic heterocycles. The second-order valence-electron chi connectivity index (χ2n) is 6.19. The number of rotatable bonds is 5. The maximum absolute atomic E-state index is 12.3. The molecule has 3 rings (SSSR count). The second kappa shape index (κ2) is 6.84. The number of aliphatic hydroxyl groups is 1. The lowest BCUT2D eigenvalue weighted by molar-refractivity contribution is -0.120. The smallest absolute Gasteiger partial charge is 0.227 e. The number of anilines is 3. The van der Waals surface area contributed by atoms with Gasteiger partial charge in [-0.3, -0.25) is 4.79 Å². The van der Waals surface area contributed by atoms with Crippen LogP contribution in [-0.2, 0) is 4.79 Å². The van der Waals surface area contributed by atoms with Crippen molar-refractivity contribution in [1.29, 1.82) is 0 Å². The summed E-state index contributed by atoms with van der Waals surface area (Å²) < 4.78 is 0. The van der Waals surface area contributed by atoms with Crippen molar-refractivity contribution < 1.29 is 9.90 Å². The number of carbonyl (C=O) groups is 1. The first-order valence-corrected chi connectivity index (χ1v) is 8.08. The maximum Gasteiger partial charge on any atom is 0.227 e. The first kappa shape index (κ1) is 15.6. The molecule has 0 atom stereocenters. The molecule has 0 aromatic heterocycles. The quantitative estimate of drug-likeness (QED) is 0.780. The van der Waals surface area contributed by atoms with Crippen molar-refractivity contribution in [2.75, 3.05) is 10.6 Å². The Balaban J connectivity index is 1.69. The molecule has 1 aliphatic carbocycles. The number of nitrogens with one attached hydrogen (secondary N) is 2. The van der Waals surface area contributed by atoms with Gasteiger partial charge in [-0.25, -0.2) is 0 Å². The molecule has 1 aliphatic rings. The number of para-hydroxylation sites is 3. The Hall–Kier alpha value is -2.33. The van der Waals surface area contributed by atoms with Crippen LogP contribution >= 0.6 is 0 Å². The van der Waals surface area contributed by atoms with Gasteiger partial charge in [-0.1, -0.05) is 43.2 Å². The molecule has 0 unspecified atom stereocenters. The molecule has 120 valence electrons. The normalized spacial score (nSPS) is 16.0. The summed E-state index contributed by atoms with van der Waals surface area (Å²) in [6.45, 7) is 0. The monoisotopic (exact) mass is 310 g/mol. The molecule has 0 radical (unpaired) electrons. The summed E-state index contributed by atoms with van der Waals surface area (Å²) in [5.41, 5.74) is 1.70. The van der Waals surface area contributed by atoms with Crippen LogP contribution in [0.15, 0.2) is 54.6 Å². The summed E-state index contributed by atoms with van der Waals surface area (Å²) in [5.74, 6) is -0.142. The highest BCUT2D eigenvalue weighted by atomic mass is 16.3. The highest BCUT2D eigenvalue weighted by Crippen LogP contribution is 2.33. The lowest BCUT2D eigenvalue weighted by Crippen LogP contribution is -2.30. The van der Waals surface area contributed by atoms with Crippen LogP contribution in [0.3, 0.4) is 0 Å². The van der Waals surface area contributed by atoms with E-state index in [0.29, 0.717) is 12.8 Å². The molecule has 0 heterocycles. The first-order valence-electron chi connectivity index (χ1n) is 8.08. The minimum Gasteiger partial charge on any atom is -0.389 e. The fourth-order valence-corrected chi connectivity index (χ4v) is 3.08. The fourth-order valence-electron chi connectivity index (χ4n) is 3.08. The summed E-state index contributed by atoms with van der Waals surface area (Å²) in [4.78, 5) is 12.3. The molecular weight excluding hydrogens is 288 g/mol. The Morgan fingerprint density at radius 1 is 0.957 bits per heavy atom. The van der Waals surface area contributed by atoms with Crippen molar-refractivity contribution in [1.82, 2.24) is 0 Å². The van der Waals surface area contributed by atoms with Crippen LogP contribution in [0.25, 0.3) is 0 Å². The molecule has 1 saturated carbocycles. The lowest BCUT2D eigenvalue weighted by Gasteiger charge is -2.21. The lowest BCUT2D eigenvalue weighted by atomic mass is 9.97. The first-order chi connectivity index (χ1) is 11.1. The number of hydrogen-bond acceptors (Lipinski definition) is 3. The maximum atomic E-state index is 12.3. The third-order valence-electron chi connectivity index (χ3n) is 4.28. The minimum absolute atomic E-state index is 0.142. The summed E-state index contributed by atoms with van der Waals surface area (Å²) >= 11 is 0. The van der Waals surface area contributed by atoms with E-state index >= 15 is 0 Å².